The molecule has 0 spiro atoms. The van der Waals surface area contributed by atoms with E-state index in [1.807, 2.05) is 66.7 Å². The maximum Gasteiger partial charge on any atom is 0.416 e. The molecule has 0 aliphatic heterocycles. The largest absolute Gasteiger partial charge is 0.416 e. The summed E-state index contributed by atoms with van der Waals surface area (Å²) in [7, 11) is 0. The zero-order chi connectivity index (χ0) is 19.6. The molecule has 0 fully saturated rings. The van der Waals surface area contributed by atoms with Crippen LogP contribution in [-0.4, -0.2) is 0 Å². The molecule has 0 radical (unpaired) electrons. The van der Waals surface area contributed by atoms with Crippen molar-refractivity contribution in [2.75, 3.05) is 0 Å². The van der Waals surface area contributed by atoms with E-state index < -0.39 is 11.7 Å². The molecule has 1 nitrogen and oxygen atoms in total. The highest BCUT2D eigenvalue weighted by atomic mass is 19.4. The van der Waals surface area contributed by atoms with Crippen molar-refractivity contribution in [3.63, 3.8) is 0 Å². The molecule has 1 aromatic heterocycles. The molecule has 0 amide bonds. The Morgan fingerprint density at radius 1 is 0.571 bits per heavy atom. The summed E-state index contributed by atoms with van der Waals surface area (Å²) < 4.78 is 44.3. The van der Waals surface area contributed by atoms with E-state index in [-0.39, 0.29) is 0 Å². The lowest BCUT2D eigenvalue weighted by Gasteiger charge is -2.08. The van der Waals surface area contributed by atoms with Crippen molar-refractivity contribution >= 4 is 0 Å². The molecule has 0 aliphatic carbocycles. The van der Waals surface area contributed by atoms with Gasteiger partial charge in [-0.3, -0.25) is 0 Å². The molecule has 4 aromatic rings. The Morgan fingerprint density at radius 2 is 1.11 bits per heavy atom. The van der Waals surface area contributed by atoms with Gasteiger partial charge in [0.1, 0.15) is 0 Å². The molecule has 28 heavy (non-hydrogen) atoms. The van der Waals surface area contributed by atoms with E-state index in [1.54, 1.807) is 6.26 Å². The molecule has 0 atom stereocenters. The Bertz CT molecular complexity index is 1070. The highest BCUT2D eigenvalue weighted by Crippen LogP contribution is 2.36. The van der Waals surface area contributed by atoms with E-state index in [1.165, 1.54) is 12.1 Å². The summed E-state index contributed by atoms with van der Waals surface area (Å²) in [6.45, 7) is 0. The maximum absolute atomic E-state index is 12.8. The summed E-state index contributed by atoms with van der Waals surface area (Å²) in [5.41, 5.74) is 3.79. The van der Waals surface area contributed by atoms with Crippen LogP contribution >= 0.6 is 0 Å². The SMILES string of the molecule is FC(F)(F)c1ccc(-c2cc(-c3ccccc3)c(-c3ccccc3)c[o+]2)cc1. The second kappa shape index (κ2) is 7.31. The van der Waals surface area contributed by atoms with E-state index in [0.29, 0.717) is 11.3 Å². The van der Waals surface area contributed by atoms with Gasteiger partial charge in [0.15, 0.2) is 0 Å². The van der Waals surface area contributed by atoms with Crippen LogP contribution < -0.4 is 0 Å². The molecule has 1 heterocycles. The minimum atomic E-state index is -4.36. The monoisotopic (exact) mass is 377 g/mol. The van der Waals surface area contributed by atoms with Gasteiger partial charge in [-0.25, -0.2) is 4.42 Å². The minimum Gasteiger partial charge on any atom is -0.215 e. The van der Waals surface area contributed by atoms with E-state index in [0.717, 1.165) is 34.4 Å². The van der Waals surface area contributed by atoms with E-state index in [2.05, 4.69) is 0 Å². The predicted octanol–water partition coefficient (Wildman–Crippen LogP) is 7.58. The van der Waals surface area contributed by atoms with Gasteiger partial charge in [-0.05, 0) is 35.4 Å². The van der Waals surface area contributed by atoms with Crippen molar-refractivity contribution in [3.05, 3.63) is 103 Å². The third-order valence-electron chi connectivity index (χ3n) is 4.54. The van der Waals surface area contributed by atoms with Crippen LogP contribution in [0.15, 0.2) is 102 Å². The summed E-state index contributed by atoms with van der Waals surface area (Å²) in [6.07, 6.45) is -2.70. The first-order chi connectivity index (χ1) is 13.5. The topological polar surface area (TPSA) is 11.3 Å². The first-order valence-electron chi connectivity index (χ1n) is 8.77. The van der Waals surface area contributed by atoms with Gasteiger partial charge in [0, 0.05) is 5.56 Å². The van der Waals surface area contributed by atoms with Gasteiger partial charge in [0.05, 0.1) is 22.8 Å². The highest BCUT2D eigenvalue weighted by molar-refractivity contribution is 5.84. The molecular formula is C24H16F3O+. The van der Waals surface area contributed by atoms with Crippen LogP contribution in [0.4, 0.5) is 13.2 Å². The number of benzene rings is 3. The van der Waals surface area contributed by atoms with Crippen molar-refractivity contribution in [1.82, 2.24) is 0 Å². The Balaban J connectivity index is 1.83. The lowest BCUT2D eigenvalue weighted by atomic mass is 9.95. The molecule has 0 N–H and O–H groups in total. The van der Waals surface area contributed by atoms with Crippen LogP contribution in [0.2, 0.25) is 0 Å². The number of hydrogen-bond donors (Lipinski definition) is 0. The van der Waals surface area contributed by atoms with Crippen molar-refractivity contribution in [2.24, 2.45) is 0 Å². The zero-order valence-electron chi connectivity index (χ0n) is 14.8. The molecule has 0 aliphatic rings. The van der Waals surface area contributed by atoms with Gasteiger partial charge in [-0.15, -0.1) is 0 Å². The van der Waals surface area contributed by atoms with Gasteiger partial charge in [0.25, 0.3) is 0 Å². The minimum absolute atomic E-state index is 0.507. The van der Waals surface area contributed by atoms with Crippen molar-refractivity contribution in [2.45, 2.75) is 6.18 Å². The van der Waals surface area contributed by atoms with E-state index in [9.17, 15) is 13.2 Å². The van der Waals surface area contributed by atoms with Gasteiger partial charge in [-0.1, -0.05) is 60.7 Å². The van der Waals surface area contributed by atoms with Crippen LogP contribution in [0.5, 0.6) is 0 Å². The fourth-order valence-electron chi connectivity index (χ4n) is 3.10. The Labute approximate surface area is 160 Å². The Morgan fingerprint density at radius 3 is 1.64 bits per heavy atom. The standard InChI is InChI=1S/C24H16F3O/c25-24(26,27)20-13-11-19(12-14-20)23-15-21(17-7-3-1-4-8-17)22(16-28-23)18-9-5-2-6-10-18/h1-16H/q+1. The molecule has 0 saturated heterocycles. The first-order valence-corrected chi connectivity index (χ1v) is 8.77. The number of hydrogen-bond acceptors (Lipinski definition) is 0. The normalized spacial score (nSPS) is 11.4. The quantitative estimate of drug-likeness (QED) is 0.335. The summed E-state index contributed by atoms with van der Waals surface area (Å²) in [4.78, 5) is 0. The molecule has 0 bridgehead atoms. The molecule has 3 aromatic carbocycles. The number of halogens is 3. The molecular weight excluding hydrogens is 361 g/mol. The Hall–Kier alpha value is -3.40. The third-order valence-corrected chi connectivity index (χ3v) is 4.54. The molecule has 4 heteroatoms. The highest BCUT2D eigenvalue weighted by Gasteiger charge is 2.30. The summed E-state index contributed by atoms with van der Waals surface area (Å²) in [5, 5.41) is 0. The summed E-state index contributed by atoms with van der Waals surface area (Å²) >= 11 is 0. The van der Waals surface area contributed by atoms with Crippen LogP contribution in [0.25, 0.3) is 33.6 Å². The average molecular weight is 377 g/mol. The van der Waals surface area contributed by atoms with Gasteiger partial charge < -0.3 is 0 Å². The second-order valence-corrected chi connectivity index (χ2v) is 6.38. The Kier molecular flexibility index (Phi) is 4.70. The van der Waals surface area contributed by atoms with E-state index in [4.69, 9.17) is 4.42 Å². The molecule has 138 valence electrons. The predicted molar refractivity (Wildman–Crippen MR) is 104 cm³/mol. The molecule has 0 saturated carbocycles. The van der Waals surface area contributed by atoms with Gasteiger partial charge >= 0.3 is 18.2 Å². The van der Waals surface area contributed by atoms with Gasteiger partial charge in [0.2, 0.25) is 0 Å². The van der Waals surface area contributed by atoms with Crippen LogP contribution in [0, 0.1) is 0 Å². The van der Waals surface area contributed by atoms with Crippen molar-refractivity contribution in [1.29, 1.82) is 0 Å². The summed E-state index contributed by atoms with van der Waals surface area (Å²) in [6, 6.07) is 26.5. The van der Waals surface area contributed by atoms with Crippen LogP contribution in [-0.2, 0) is 6.18 Å². The fourth-order valence-corrected chi connectivity index (χ4v) is 3.10. The smallest absolute Gasteiger partial charge is 0.215 e. The van der Waals surface area contributed by atoms with Crippen LogP contribution in [0.1, 0.15) is 5.56 Å². The number of alkyl halides is 3. The third kappa shape index (κ3) is 3.67. The molecule has 4 rings (SSSR count). The second-order valence-electron chi connectivity index (χ2n) is 6.38. The average Bonchev–Trinajstić information content (AvgIpc) is 2.74. The summed E-state index contributed by atoms with van der Waals surface area (Å²) in [5.74, 6) is 0.507. The van der Waals surface area contributed by atoms with Crippen molar-refractivity contribution in [3.8, 4) is 33.6 Å². The van der Waals surface area contributed by atoms with Crippen LogP contribution in [0.3, 0.4) is 0 Å². The van der Waals surface area contributed by atoms with Gasteiger partial charge in [-0.2, -0.15) is 13.2 Å². The zero-order valence-corrected chi connectivity index (χ0v) is 14.8. The fraction of sp³-hybridized carbons (Fsp3) is 0.0417. The lowest BCUT2D eigenvalue weighted by molar-refractivity contribution is -0.137. The lowest BCUT2D eigenvalue weighted by Crippen LogP contribution is -2.03. The van der Waals surface area contributed by atoms with Crippen molar-refractivity contribution < 1.29 is 17.6 Å². The number of rotatable bonds is 3. The van der Waals surface area contributed by atoms with E-state index >= 15 is 0 Å². The first kappa shape index (κ1) is 18.0. The maximum atomic E-state index is 12.8. The molecule has 0 unspecified atom stereocenters.